The van der Waals surface area contributed by atoms with Gasteiger partial charge in [0, 0.05) is 12.1 Å². The largest absolute Gasteiger partial charge is 0.480 e. The monoisotopic (exact) mass is 283 g/mol. The first-order valence-electron chi connectivity index (χ1n) is 6.12. The molecule has 0 saturated heterocycles. The molecular formula is C12H17N3O5. The molecule has 1 heterocycles. The first-order chi connectivity index (χ1) is 9.29. The second kappa shape index (κ2) is 6.18. The predicted molar refractivity (Wildman–Crippen MR) is 70.5 cm³/mol. The third-order valence-electron chi connectivity index (χ3n) is 3.19. The van der Waals surface area contributed by atoms with Crippen molar-refractivity contribution in [3.63, 3.8) is 0 Å². The smallest absolute Gasteiger partial charge is 0.323 e. The summed E-state index contributed by atoms with van der Waals surface area (Å²) in [5.74, 6) is -1.87. The fourth-order valence-electron chi connectivity index (χ4n) is 1.84. The van der Waals surface area contributed by atoms with Crippen LogP contribution < -0.4 is 0 Å². The fraction of sp³-hybridized carbons (Fsp3) is 0.500. The Morgan fingerprint density at radius 3 is 2.50 bits per heavy atom. The Hall–Kier alpha value is -2.38. The maximum atomic E-state index is 12.4. The lowest BCUT2D eigenvalue weighted by molar-refractivity contribution is -0.391. The molecule has 1 amide bonds. The second-order valence-corrected chi connectivity index (χ2v) is 4.48. The van der Waals surface area contributed by atoms with Crippen LogP contribution in [0.4, 0.5) is 5.82 Å². The van der Waals surface area contributed by atoms with E-state index < -0.39 is 23.3 Å². The van der Waals surface area contributed by atoms with Crippen LogP contribution in [0.1, 0.15) is 30.8 Å². The van der Waals surface area contributed by atoms with Gasteiger partial charge in [-0.3, -0.25) is 9.59 Å². The number of amides is 1. The van der Waals surface area contributed by atoms with Gasteiger partial charge in [-0.2, -0.15) is 0 Å². The number of aliphatic carboxylic acids is 1. The van der Waals surface area contributed by atoms with E-state index in [1.807, 2.05) is 6.92 Å². The number of aromatic nitrogens is 1. The van der Waals surface area contributed by atoms with E-state index in [9.17, 15) is 19.7 Å². The zero-order chi connectivity index (χ0) is 15.4. The summed E-state index contributed by atoms with van der Waals surface area (Å²) in [6.07, 6.45) is 0.589. The first-order valence-corrected chi connectivity index (χ1v) is 6.12. The van der Waals surface area contributed by atoms with Gasteiger partial charge in [0.2, 0.25) is 0 Å². The summed E-state index contributed by atoms with van der Waals surface area (Å²) in [4.78, 5) is 34.6. The molecule has 1 aromatic heterocycles. The second-order valence-electron chi connectivity index (χ2n) is 4.48. The quantitative estimate of drug-likeness (QED) is 0.625. The summed E-state index contributed by atoms with van der Waals surface area (Å²) in [7, 11) is 1.40. The molecular weight excluding hydrogens is 266 g/mol. The van der Waals surface area contributed by atoms with Gasteiger partial charge in [0.1, 0.15) is 6.54 Å². The molecule has 1 rings (SSSR count). The topological polar surface area (TPSA) is 106 Å². The molecule has 1 atom stereocenters. The minimum Gasteiger partial charge on any atom is -0.480 e. The number of nitrogens with zero attached hydrogens (tertiary/aromatic N) is 3. The van der Waals surface area contributed by atoms with Gasteiger partial charge in [-0.05, 0) is 24.3 Å². The molecule has 0 fully saturated rings. The molecule has 0 aliphatic rings. The standard InChI is InChI=1S/C12H17N3O5/c1-4-8(2)14(7-11(16)17)12(18)9-5-6-10(13(9)3)15(19)20/h5-6,8H,4,7H2,1-3H3,(H,16,17). The number of carboxylic acid groups (broad SMARTS) is 1. The van der Waals surface area contributed by atoms with Gasteiger partial charge < -0.3 is 20.1 Å². The number of carbonyl (C=O) groups is 2. The zero-order valence-electron chi connectivity index (χ0n) is 11.6. The van der Waals surface area contributed by atoms with E-state index in [2.05, 4.69) is 0 Å². The molecule has 0 spiro atoms. The van der Waals surface area contributed by atoms with Crippen LogP contribution in [-0.4, -0.2) is 44.0 Å². The van der Waals surface area contributed by atoms with E-state index in [4.69, 9.17) is 5.11 Å². The van der Waals surface area contributed by atoms with E-state index in [0.29, 0.717) is 6.42 Å². The van der Waals surface area contributed by atoms with E-state index in [-0.39, 0.29) is 17.6 Å². The molecule has 8 nitrogen and oxygen atoms in total. The first kappa shape index (κ1) is 15.7. The van der Waals surface area contributed by atoms with E-state index in [1.165, 1.54) is 24.1 Å². The minimum absolute atomic E-state index is 0.0956. The molecule has 8 heteroatoms. The number of nitro groups is 1. The number of carbonyl (C=O) groups excluding carboxylic acids is 1. The average molecular weight is 283 g/mol. The van der Waals surface area contributed by atoms with Crippen LogP contribution in [0.2, 0.25) is 0 Å². The SMILES string of the molecule is CCC(C)N(CC(=O)O)C(=O)c1ccc([N+](=O)[O-])n1C. The van der Waals surface area contributed by atoms with E-state index >= 15 is 0 Å². The van der Waals surface area contributed by atoms with Crippen molar-refractivity contribution in [2.24, 2.45) is 7.05 Å². The average Bonchev–Trinajstić information content (AvgIpc) is 2.76. The Morgan fingerprint density at radius 2 is 2.10 bits per heavy atom. The Kier molecular flexibility index (Phi) is 4.84. The van der Waals surface area contributed by atoms with Gasteiger partial charge in [0.25, 0.3) is 5.91 Å². The van der Waals surface area contributed by atoms with Crippen LogP contribution in [-0.2, 0) is 11.8 Å². The molecule has 0 aromatic carbocycles. The van der Waals surface area contributed by atoms with Crippen molar-refractivity contribution in [2.75, 3.05) is 6.54 Å². The van der Waals surface area contributed by atoms with E-state index in [0.717, 1.165) is 4.57 Å². The summed E-state index contributed by atoms with van der Waals surface area (Å²) in [6.45, 7) is 3.13. The number of carboxylic acids is 1. The number of hydrogen-bond acceptors (Lipinski definition) is 4. The summed E-state index contributed by atoms with van der Waals surface area (Å²) >= 11 is 0. The zero-order valence-corrected chi connectivity index (χ0v) is 11.6. The van der Waals surface area contributed by atoms with Crippen molar-refractivity contribution in [1.82, 2.24) is 9.47 Å². The van der Waals surface area contributed by atoms with Crippen molar-refractivity contribution in [2.45, 2.75) is 26.3 Å². The van der Waals surface area contributed by atoms with Gasteiger partial charge >= 0.3 is 11.8 Å². The van der Waals surface area contributed by atoms with Gasteiger partial charge in [-0.25, -0.2) is 4.57 Å². The van der Waals surface area contributed by atoms with Crippen LogP contribution in [0.5, 0.6) is 0 Å². The molecule has 0 saturated carbocycles. The Morgan fingerprint density at radius 1 is 1.50 bits per heavy atom. The van der Waals surface area contributed by atoms with Gasteiger partial charge in [-0.15, -0.1) is 0 Å². The van der Waals surface area contributed by atoms with Crippen molar-refractivity contribution in [1.29, 1.82) is 0 Å². The maximum absolute atomic E-state index is 12.4. The summed E-state index contributed by atoms with van der Waals surface area (Å²) in [5, 5.41) is 19.6. The predicted octanol–water partition coefficient (Wildman–Crippen LogP) is 1.26. The molecule has 1 unspecified atom stereocenters. The summed E-state index contributed by atoms with van der Waals surface area (Å²) in [5.41, 5.74) is 0.0956. The Labute approximate surface area is 115 Å². The molecule has 0 bridgehead atoms. The highest BCUT2D eigenvalue weighted by molar-refractivity contribution is 5.95. The molecule has 0 aliphatic carbocycles. The van der Waals surface area contributed by atoms with Crippen molar-refractivity contribution in [3.05, 3.63) is 27.9 Å². The van der Waals surface area contributed by atoms with Gasteiger partial charge in [-0.1, -0.05) is 6.92 Å². The highest BCUT2D eigenvalue weighted by atomic mass is 16.6. The molecule has 1 N–H and O–H groups in total. The van der Waals surface area contributed by atoms with Crippen LogP contribution in [0.25, 0.3) is 0 Å². The van der Waals surface area contributed by atoms with Gasteiger partial charge in [0.05, 0.1) is 7.05 Å². The fourth-order valence-corrected chi connectivity index (χ4v) is 1.84. The van der Waals surface area contributed by atoms with Gasteiger partial charge in [0.15, 0.2) is 5.69 Å². The van der Waals surface area contributed by atoms with Crippen molar-refractivity contribution in [3.8, 4) is 0 Å². The molecule has 20 heavy (non-hydrogen) atoms. The Bertz CT molecular complexity index is 537. The lowest BCUT2D eigenvalue weighted by atomic mass is 10.2. The lowest BCUT2D eigenvalue weighted by Gasteiger charge is -2.26. The van der Waals surface area contributed by atoms with Crippen LogP contribution in [0.3, 0.4) is 0 Å². The van der Waals surface area contributed by atoms with E-state index in [1.54, 1.807) is 6.92 Å². The third-order valence-corrected chi connectivity index (χ3v) is 3.19. The number of hydrogen-bond donors (Lipinski definition) is 1. The normalized spacial score (nSPS) is 11.9. The van der Waals surface area contributed by atoms with Crippen LogP contribution >= 0.6 is 0 Å². The highest BCUT2D eigenvalue weighted by Gasteiger charge is 2.28. The third kappa shape index (κ3) is 3.14. The lowest BCUT2D eigenvalue weighted by Crippen LogP contribution is -2.42. The maximum Gasteiger partial charge on any atom is 0.323 e. The molecule has 1 aromatic rings. The highest BCUT2D eigenvalue weighted by Crippen LogP contribution is 2.18. The van der Waals surface area contributed by atoms with Crippen molar-refractivity contribution >= 4 is 17.7 Å². The molecule has 110 valence electrons. The van der Waals surface area contributed by atoms with Crippen LogP contribution in [0.15, 0.2) is 12.1 Å². The van der Waals surface area contributed by atoms with Crippen LogP contribution in [0, 0.1) is 10.1 Å². The molecule has 0 radical (unpaired) electrons. The number of rotatable bonds is 6. The Balaban J connectivity index is 3.12. The van der Waals surface area contributed by atoms with Crippen molar-refractivity contribution < 1.29 is 19.6 Å². The summed E-state index contributed by atoms with van der Waals surface area (Å²) < 4.78 is 1.15. The minimum atomic E-state index is -1.12. The summed E-state index contributed by atoms with van der Waals surface area (Å²) in [6, 6.07) is 2.29. The molecule has 0 aliphatic heterocycles.